The quantitative estimate of drug-likeness (QED) is 0.537. The highest BCUT2D eigenvalue weighted by Gasteiger charge is 2.19. The number of aliphatic hydroxyl groups excluding tert-OH is 1. The van der Waals surface area contributed by atoms with Gasteiger partial charge < -0.3 is 10.2 Å². The summed E-state index contributed by atoms with van der Waals surface area (Å²) in [6.45, 7) is -0.607. The Morgan fingerprint density at radius 3 is 2.67 bits per heavy atom. The van der Waals surface area contributed by atoms with Crippen LogP contribution in [-0.4, -0.2) is 46.6 Å². The average Bonchev–Trinajstić information content (AvgIpc) is 2.81. The van der Waals surface area contributed by atoms with E-state index in [4.69, 9.17) is 33.4 Å². The van der Waals surface area contributed by atoms with E-state index in [-0.39, 0.29) is 6.54 Å². The molecule has 27 heavy (non-hydrogen) atoms. The molecule has 1 aliphatic heterocycles. The van der Waals surface area contributed by atoms with Gasteiger partial charge in [-0.15, -0.1) is 0 Å². The summed E-state index contributed by atoms with van der Waals surface area (Å²) in [7, 11) is 0. The van der Waals surface area contributed by atoms with Crippen LogP contribution < -0.4 is 5.43 Å². The van der Waals surface area contributed by atoms with E-state index >= 15 is 0 Å². The third kappa shape index (κ3) is 4.33. The second-order valence-electron chi connectivity index (χ2n) is 5.50. The van der Waals surface area contributed by atoms with Gasteiger partial charge in [0.1, 0.15) is 5.84 Å². The number of aliphatic imine (C=N–C) groups is 2. The average molecular weight is 405 g/mol. The summed E-state index contributed by atoms with van der Waals surface area (Å²) in [6.07, 6.45) is 0. The second kappa shape index (κ2) is 8.30. The molecule has 0 aliphatic carbocycles. The van der Waals surface area contributed by atoms with Crippen LogP contribution in [-0.2, 0) is 4.79 Å². The zero-order chi connectivity index (χ0) is 19.4. The molecule has 0 aromatic heterocycles. The van der Waals surface area contributed by atoms with Crippen LogP contribution in [0.3, 0.4) is 0 Å². The van der Waals surface area contributed by atoms with E-state index < -0.39 is 18.3 Å². The van der Waals surface area contributed by atoms with Crippen molar-refractivity contribution in [3.8, 4) is 0 Å². The minimum absolute atomic E-state index is 0.106. The van der Waals surface area contributed by atoms with Gasteiger partial charge in [-0.2, -0.15) is 5.10 Å². The van der Waals surface area contributed by atoms with E-state index in [2.05, 4.69) is 20.5 Å². The van der Waals surface area contributed by atoms with Crippen LogP contribution in [0.15, 0.2) is 57.6 Å². The summed E-state index contributed by atoms with van der Waals surface area (Å²) in [5, 5.41) is 22.7. The number of aliphatic carboxylic acids is 1. The van der Waals surface area contributed by atoms with Crippen molar-refractivity contribution in [1.82, 2.24) is 5.43 Å². The summed E-state index contributed by atoms with van der Waals surface area (Å²) in [5.74, 6) is -1.01. The number of aliphatic hydroxyl groups is 1. The molecule has 0 unspecified atom stereocenters. The number of carboxylic acids is 1. The molecule has 0 fully saturated rings. The Morgan fingerprint density at radius 1 is 1.19 bits per heavy atom. The van der Waals surface area contributed by atoms with E-state index in [9.17, 15) is 4.79 Å². The monoisotopic (exact) mass is 404 g/mol. The van der Waals surface area contributed by atoms with Crippen LogP contribution in [0.2, 0.25) is 10.0 Å². The van der Waals surface area contributed by atoms with Crippen molar-refractivity contribution < 1.29 is 15.0 Å². The molecule has 0 amide bonds. The highest BCUT2D eigenvalue weighted by Crippen LogP contribution is 2.30. The van der Waals surface area contributed by atoms with Gasteiger partial charge in [0.15, 0.2) is 5.71 Å². The third-order valence-electron chi connectivity index (χ3n) is 3.70. The number of rotatable bonds is 4. The Bertz CT molecular complexity index is 986. The first kappa shape index (κ1) is 19.0. The zero-order valence-electron chi connectivity index (χ0n) is 13.9. The van der Waals surface area contributed by atoms with Crippen molar-refractivity contribution in [2.24, 2.45) is 15.1 Å². The molecule has 138 valence electrons. The number of carbonyl (C=O) groups is 1. The number of fused-ring (bicyclic) bond motifs is 1. The molecule has 0 spiro atoms. The SMILES string of the molecule is O=C(O)/C(CO)=N\NC1=Nc2ccc(Cl)cc2C(c2ccccc2Cl)=NC1. The number of carboxylic acid groups (broad SMARTS) is 1. The van der Waals surface area contributed by atoms with Gasteiger partial charge in [0.05, 0.1) is 24.6 Å². The van der Waals surface area contributed by atoms with Crippen molar-refractivity contribution in [1.29, 1.82) is 0 Å². The highest BCUT2D eigenvalue weighted by atomic mass is 35.5. The maximum atomic E-state index is 11.0. The highest BCUT2D eigenvalue weighted by molar-refractivity contribution is 6.37. The minimum atomic E-state index is -1.33. The standard InChI is InChI=1S/C18H14Cl2N4O3/c19-10-5-6-14-12(7-10)17(11-3-1-2-4-13(11)20)21-8-16(22-14)24-23-15(9-25)18(26)27/h1-7,25H,8-9H2,(H,22,24)(H,26,27)/b23-15-. The lowest BCUT2D eigenvalue weighted by Crippen LogP contribution is -2.26. The largest absolute Gasteiger partial charge is 0.477 e. The van der Waals surface area contributed by atoms with Crippen LogP contribution in [0, 0.1) is 0 Å². The van der Waals surface area contributed by atoms with E-state index in [0.29, 0.717) is 32.8 Å². The molecule has 0 saturated carbocycles. The first-order valence-corrected chi connectivity index (χ1v) is 8.58. The number of amidine groups is 1. The van der Waals surface area contributed by atoms with Gasteiger partial charge in [-0.05, 0) is 24.3 Å². The van der Waals surface area contributed by atoms with Gasteiger partial charge in [0.25, 0.3) is 0 Å². The predicted molar refractivity (Wildman–Crippen MR) is 106 cm³/mol. The molecule has 3 rings (SSSR count). The molecule has 1 heterocycles. The molecule has 0 bridgehead atoms. The van der Waals surface area contributed by atoms with Gasteiger partial charge in [-0.1, -0.05) is 41.4 Å². The number of hydrogen-bond acceptors (Lipinski definition) is 6. The Balaban J connectivity index is 2.05. The van der Waals surface area contributed by atoms with Gasteiger partial charge in [-0.3, -0.25) is 10.4 Å². The van der Waals surface area contributed by atoms with Crippen LogP contribution in [0.1, 0.15) is 11.1 Å². The van der Waals surface area contributed by atoms with Crippen LogP contribution >= 0.6 is 23.2 Å². The molecule has 2 aromatic carbocycles. The number of halogens is 2. The van der Waals surface area contributed by atoms with Gasteiger partial charge in [0, 0.05) is 21.2 Å². The predicted octanol–water partition coefficient (Wildman–Crippen LogP) is 2.90. The number of nitrogens with zero attached hydrogens (tertiary/aromatic N) is 3. The van der Waals surface area contributed by atoms with E-state index in [1.165, 1.54) is 0 Å². The maximum absolute atomic E-state index is 11.0. The van der Waals surface area contributed by atoms with Crippen molar-refractivity contribution in [2.75, 3.05) is 13.2 Å². The fourth-order valence-electron chi connectivity index (χ4n) is 2.44. The number of nitrogens with one attached hydrogen (secondary N) is 1. The normalized spacial score (nSPS) is 14.0. The molecule has 3 N–H and O–H groups in total. The number of benzene rings is 2. The maximum Gasteiger partial charge on any atom is 0.354 e. The Hall–Kier alpha value is -2.74. The fourth-order valence-corrected chi connectivity index (χ4v) is 2.84. The molecule has 0 radical (unpaired) electrons. The first-order valence-electron chi connectivity index (χ1n) is 7.83. The van der Waals surface area contributed by atoms with Crippen LogP contribution in [0.4, 0.5) is 5.69 Å². The molecule has 0 atom stereocenters. The van der Waals surface area contributed by atoms with Crippen LogP contribution in [0.5, 0.6) is 0 Å². The lowest BCUT2D eigenvalue weighted by atomic mass is 10.0. The van der Waals surface area contributed by atoms with Crippen molar-refractivity contribution >= 4 is 52.1 Å². The number of hydrazone groups is 1. The van der Waals surface area contributed by atoms with Crippen molar-refractivity contribution in [3.63, 3.8) is 0 Å². The van der Waals surface area contributed by atoms with E-state index in [0.717, 1.165) is 5.56 Å². The second-order valence-corrected chi connectivity index (χ2v) is 6.34. The summed E-state index contributed by atoms with van der Waals surface area (Å²) in [5.41, 5.74) is 4.73. The summed E-state index contributed by atoms with van der Waals surface area (Å²) < 4.78 is 0. The zero-order valence-corrected chi connectivity index (χ0v) is 15.4. The van der Waals surface area contributed by atoms with E-state index in [1.807, 2.05) is 18.2 Å². The van der Waals surface area contributed by atoms with Crippen molar-refractivity contribution in [3.05, 3.63) is 63.6 Å². The van der Waals surface area contributed by atoms with Gasteiger partial charge in [0.2, 0.25) is 0 Å². The molecule has 2 aromatic rings. The molecule has 1 aliphatic rings. The smallest absolute Gasteiger partial charge is 0.354 e. The van der Waals surface area contributed by atoms with Gasteiger partial charge in [-0.25, -0.2) is 9.79 Å². The summed E-state index contributed by atoms with van der Waals surface area (Å²) in [4.78, 5) is 20.0. The molecular formula is C18H14Cl2N4O3. The van der Waals surface area contributed by atoms with Crippen molar-refractivity contribution in [2.45, 2.75) is 0 Å². The first-order chi connectivity index (χ1) is 13.0. The molecule has 7 nitrogen and oxygen atoms in total. The number of hydrogen-bond donors (Lipinski definition) is 3. The topological polar surface area (TPSA) is 107 Å². The Morgan fingerprint density at radius 2 is 1.96 bits per heavy atom. The lowest BCUT2D eigenvalue weighted by molar-refractivity contribution is -0.129. The minimum Gasteiger partial charge on any atom is -0.477 e. The third-order valence-corrected chi connectivity index (χ3v) is 4.27. The Kier molecular flexibility index (Phi) is 5.85. The Labute approximate surface area is 164 Å². The summed E-state index contributed by atoms with van der Waals surface area (Å²) in [6, 6.07) is 12.4. The molecule has 9 heteroatoms. The van der Waals surface area contributed by atoms with E-state index in [1.54, 1.807) is 24.3 Å². The summed E-state index contributed by atoms with van der Waals surface area (Å²) >= 11 is 12.5. The van der Waals surface area contributed by atoms with Crippen LogP contribution in [0.25, 0.3) is 0 Å². The fraction of sp³-hybridized carbons (Fsp3) is 0.111. The van der Waals surface area contributed by atoms with Gasteiger partial charge >= 0.3 is 5.97 Å². The lowest BCUT2D eigenvalue weighted by Gasteiger charge is -2.10. The molecule has 0 saturated heterocycles. The molecular weight excluding hydrogens is 391 g/mol.